The molecule has 2 aromatic rings. The standard InChI is InChI=1S/C13H11Br3N2O/c1-19-13-5-9(2-3-10(13)15)17-7-12-11(16)4-8(14)6-18-12/h2-6,17H,7H2,1H3. The van der Waals surface area contributed by atoms with E-state index in [1.54, 1.807) is 13.3 Å². The first-order valence-electron chi connectivity index (χ1n) is 5.47. The van der Waals surface area contributed by atoms with Gasteiger partial charge in [-0.3, -0.25) is 4.98 Å². The van der Waals surface area contributed by atoms with E-state index in [-0.39, 0.29) is 0 Å². The average Bonchev–Trinajstić information content (AvgIpc) is 2.39. The highest BCUT2D eigenvalue weighted by molar-refractivity contribution is 9.11. The molecule has 0 spiro atoms. The number of anilines is 1. The maximum absolute atomic E-state index is 5.26. The molecule has 1 aromatic carbocycles. The van der Waals surface area contributed by atoms with E-state index in [2.05, 4.69) is 58.1 Å². The molecule has 3 nitrogen and oxygen atoms in total. The van der Waals surface area contributed by atoms with Crippen LogP contribution in [-0.2, 0) is 6.54 Å². The van der Waals surface area contributed by atoms with Gasteiger partial charge in [-0.25, -0.2) is 0 Å². The van der Waals surface area contributed by atoms with Gasteiger partial charge in [0.05, 0.1) is 23.8 Å². The predicted octanol–water partition coefficient (Wildman–Crippen LogP) is 4.99. The molecule has 0 fully saturated rings. The smallest absolute Gasteiger partial charge is 0.135 e. The Kier molecular flexibility index (Phi) is 5.24. The van der Waals surface area contributed by atoms with Crippen LogP contribution in [0.5, 0.6) is 5.75 Å². The monoisotopic (exact) mass is 448 g/mol. The molecule has 0 aliphatic rings. The van der Waals surface area contributed by atoms with Crippen molar-refractivity contribution in [2.75, 3.05) is 12.4 Å². The Hall–Kier alpha value is -0.590. The third-order valence-corrected chi connectivity index (χ3v) is 4.27. The summed E-state index contributed by atoms with van der Waals surface area (Å²) in [6, 6.07) is 7.85. The zero-order valence-corrected chi connectivity index (χ0v) is 14.8. The molecule has 6 heteroatoms. The number of nitrogens with one attached hydrogen (secondary N) is 1. The first-order valence-corrected chi connectivity index (χ1v) is 7.85. The number of rotatable bonds is 4. The normalized spacial score (nSPS) is 10.3. The number of benzene rings is 1. The molecule has 1 N–H and O–H groups in total. The van der Waals surface area contributed by atoms with E-state index in [0.717, 1.165) is 30.5 Å². The van der Waals surface area contributed by atoms with E-state index < -0.39 is 0 Å². The minimum atomic E-state index is 0.638. The first-order chi connectivity index (χ1) is 9.10. The Bertz CT molecular complexity index is 590. The molecule has 0 radical (unpaired) electrons. The number of halogens is 3. The summed E-state index contributed by atoms with van der Waals surface area (Å²) in [5.74, 6) is 0.799. The minimum absolute atomic E-state index is 0.638. The Morgan fingerprint density at radius 1 is 1.16 bits per heavy atom. The zero-order valence-electron chi connectivity index (χ0n) is 10.1. The van der Waals surface area contributed by atoms with Crippen LogP contribution in [0, 0.1) is 0 Å². The molecular weight excluding hydrogens is 440 g/mol. The van der Waals surface area contributed by atoms with E-state index in [4.69, 9.17) is 4.74 Å². The maximum atomic E-state index is 5.26. The second kappa shape index (κ2) is 6.72. The highest BCUT2D eigenvalue weighted by Crippen LogP contribution is 2.28. The van der Waals surface area contributed by atoms with Gasteiger partial charge in [0.15, 0.2) is 0 Å². The Morgan fingerprint density at radius 3 is 2.63 bits per heavy atom. The second-order valence-corrected chi connectivity index (χ2v) is 6.41. The van der Waals surface area contributed by atoms with Crippen LogP contribution in [-0.4, -0.2) is 12.1 Å². The van der Waals surface area contributed by atoms with Crippen LogP contribution in [0.4, 0.5) is 5.69 Å². The highest BCUT2D eigenvalue weighted by Gasteiger charge is 2.04. The Labute approximate surface area is 137 Å². The SMILES string of the molecule is COc1cc(NCc2ncc(Br)cc2Br)ccc1Br. The number of aromatic nitrogens is 1. The van der Waals surface area contributed by atoms with Crippen LogP contribution < -0.4 is 10.1 Å². The number of ether oxygens (including phenoxy) is 1. The summed E-state index contributed by atoms with van der Waals surface area (Å²) < 4.78 is 8.12. The molecular formula is C13H11Br3N2O. The van der Waals surface area contributed by atoms with Crippen molar-refractivity contribution in [3.63, 3.8) is 0 Å². The molecule has 0 atom stereocenters. The van der Waals surface area contributed by atoms with Gasteiger partial charge in [0.2, 0.25) is 0 Å². The number of hydrogen-bond acceptors (Lipinski definition) is 3. The fourth-order valence-electron chi connectivity index (χ4n) is 1.53. The van der Waals surface area contributed by atoms with Gasteiger partial charge in [-0.15, -0.1) is 0 Å². The topological polar surface area (TPSA) is 34.1 Å². The summed E-state index contributed by atoms with van der Waals surface area (Å²) in [5, 5.41) is 3.31. The number of nitrogens with zero attached hydrogens (tertiary/aromatic N) is 1. The molecule has 0 saturated heterocycles. The number of pyridine rings is 1. The van der Waals surface area contributed by atoms with E-state index in [0.29, 0.717) is 6.54 Å². The molecule has 0 aliphatic carbocycles. The summed E-state index contributed by atoms with van der Waals surface area (Å²) in [7, 11) is 1.65. The summed E-state index contributed by atoms with van der Waals surface area (Å²) >= 11 is 10.3. The van der Waals surface area contributed by atoms with Crippen molar-refractivity contribution < 1.29 is 4.74 Å². The highest BCUT2D eigenvalue weighted by atomic mass is 79.9. The number of hydrogen-bond donors (Lipinski definition) is 1. The van der Waals surface area contributed by atoms with Gasteiger partial charge in [0.25, 0.3) is 0 Å². The summed E-state index contributed by atoms with van der Waals surface area (Å²) in [6.07, 6.45) is 1.78. The zero-order chi connectivity index (χ0) is 13.8. The summed E-state index contributed by atoms with van der Waals surface area (Å²) in [4.78, 5) is 4.36. The molecule has 0 amide bonds. The van der Waals surface area contributed by atoms with Crippen molar-refractivity contribution in [3.05, 3.63) is 49.6 Å². The minimum Gasteiger partial charge on any atom is -0.495 e. The van der Waals surface area contributed by atoms with Crippen LogP contribution in [0.2, 0.25) is 0 Å². The van der Waals surface area contributed by atoms with Crippen molar-refractivity contribution in [3.8, 4) is 5.75 Å². The van der Waals surface area contributed by atoms with Crippen molar-refractivity contribution in [2.45, 2.75) is 6.54 Å². The van der Waals surface area contributed by atoms with Gasteiger partial charge in [-0.05, 0) is 66.0 Å². The molecule has 0 bridgehead atoms. The molecule has 0 aliphatic heterocycles. The third kappa shape index (κ3) is 3.94. The quantitative estimate of drug-likeness (QED) is 0.712. The van der Waals surface area contributed by atoms with E-state index in [9.17, 15) is 0 Å². The Balaban J connectivity index is 2.10. The average molecular weight is 451 g/mol. The lowest BCUT2D eigenvalue weighted by molar-refractivity contribution is 0.412. The Morgan fingerprint density at radius 2 is 1.95 bits per heavy atom. The van der Waals surface area contributed by atoms with Gasteiger partial charge < -0.3 is 10.1 Å². The van der Waals surface area contributed by atoms with E-state index in [1.807, 2.05) is 24.3 Å². The van der Waals surface area contributed by atoms with Gasteiger partial charge in [0, 0.05) is 26.9 Å². The predicted molar refractivity (Wildman–Crippen MR) is 87.7 cm³/mol. The van der Waals surface area contributed by atoms with Crippen molar-refractivity contribution in [1.29, 1.82) is 0 Å². The van der Waals surface area contributed by atoms with Crippen molar-refractivity contribution in [2.24, 2.45) is 0 Å². The van der Waals surface area contributed by atoms with Gasteiger partial charge >= 0.3 is 0 Å². The lowest BCUT2D eigenvalue weighted by Crippen LogP contribution is -2.02. The van der Waals surface area contributed by atoms with E-state index in [1.165, 1.54) is 0 Å². The molecule has 0 saturated carbocycles. The molecule has 2 rings (SSSR count). The molecule has 19 heavy (non-hydrogen) atoms. The third-order valence-electron chi connectivity index (χ3n) is 2.50. The number of methoxy groups -OCH3 is 1. The fourth-order valence-corrected chi connectivity index (χ4v) is 3.06. The maximum Gasteiger partial charge on any atom is 0.135 e. The van der Waals surface area contributed by atoms with Gasteiger partial charge in [-0.2, -0.15) is 0 Å². The first kappa shape index (κ1) is 14.8. The van der Waals surface area contributed by atoms with Crippen LogP contribution in [0.3, 0.4) is 0 Å². The van der Waals surface area contributed by atoms with Crippen LogP contribution in [0.25, 0.3) is 0 Å². The molecule has 1 aromatic heterocycles. The van der Waals surface area contributed by atoms with Gasteiger partial charge in [-0.1, -0.05) is 0 Å². The van der Waals surface area contributed by atoms with Crippen LogP contribution in [0.1, 0.15) is 5.69 Å². The van der Waals surface area contributed by atoms with Crippen molar-refractivity contribution in [1.82, 2.24) is 4.98 Å². The van der Waals surface area contributed by atoms with Crippen LogP contribution in [0.15, 0.2) is 43.9 Å². The lowest BCUT2D eigenvalue weighted by Gasteiger charge is -2.10. The van der Waals surface area contributed by atoms with E-state index >= 15 is 0 Å². The summed E-state index contributed by atoms with van der Waals surface area (Å²) in [5.41, 5.74) is 1.93. The fraction of sp³-hybridized carbons (Fsp3) is 0.154. The molecule has 0 unspecified atom stereocenters. The van der Waals surface area contributed by atoms with Gasteiger partial charge in [0.1, 0.15) is 5.75 Å². The molecule has 1 heterocycles. The van der Waals surface area contributed by atoms with Crippen LogP contribution >= 0.6 is 47.8 Å². The summed E-state index contributed by atoms with van der Waals surface area (Å²) in [6.45, 7) is 0.638. The lowest BCUT2D eigenvalue weighted by atomic mass is 10.3. The van der Waals surface area contributed by atoms with Crippen molar-refractivity contribution >= 4 is 53.5 Å². The second-order valence-electron chi connectivity index (χ2n) is 3.78. The molecule has 100 valence electrons. The largest absolute Gasteiger partial charge is 0.495 e.